The molecule has 33 heavy (non-hydrogen) atoms. The van der Waals surface area contributed by atoms with Crippen molar-refractivity contribution < 1.29 is 38.6 Å². The summed E-state index contributed by atoms with van der Waals surface area (Å²) in [6.07, 6.45) is 1.22. The van der Waals surface area contributed by atoms with Crippen LogP contribution in [-0.4, -0.2) is 65.1 Å². The quantitative estimate of drug-likeness (QED) is 0.439. The summed E-state index contributed by atoms with van der Waals surface area (Å²) in [6, 6.07) is 7.48. The van der Waals surface area contributed by atoms with Gasteiger partial charge in [0.05, 0.1) is 54.9 Å². The highest BCUT2D eigenvalue weighted by molar-refractivity contribution is 5.54. The number of aliphatic hydroxyl groups excluding tert-OH is 2. The van der Waals surface area contributed by atoms with E-state index in [-0.39, 0.29) is 6.42 Å². The largest absolute Gasteiger partial charge is 0.493 e. The van der Waals surface area contributed by atoms with Crippen LogP contribution in [0.25, 0.3) is 0 Å². The molecule has 2 atom stereocenters. The minimum Gasteiger partial charge on any atom is -0.493 e. The Bertz CT molecular complexity index is 761. The second-order valence-corrected chi connectivity index (χ2v) is 7.69. The van der Waals surface area contributed by atoms with Crippen molar-refractivity contribution in [3.05, 3.63) is 35.4 Å². The second kappa shape index (κ2) is 13.0. The van der Waals surface area contributed by atoms with Crippen LogP contribution in [0, 0.1) is 0 Å². The van der Waals surface area contributed by atoms with Gasteiger partial charge in [0.1, 0.15) is 0 Å². The smallest absolute Gasteiger partial charge is 0.203 e. The molecule has 0 aliphatic rings. The molecule has 0 saturated heterocycles. The van der Waals surface area contributed by atoms with Gasteiger partial charge >= 0.3 is 0 Å². The van der Waals surface area contributed by atoms with Crippen LogP contribution in [0.4, 0.5) is 0 Å². The summed E-state index contributed by atoms with van der Waals surface area (Å²) >= 11 is 0. The molecule has 0 radical (unpaired) electrons. The van der Waals surface area contributed by atoms with E-state index < -0.39 is 12.2 Å². The molecule has 0 amide bonds. The molecule has 2 aromatic rings. The van der Waals surface area contributed by atoms with E-state index >= 15 is 0 Å². The maximum atomic E-state index is 10.5. The summed E-state index contributed by atoms with van der Waals surface area (Å²) in [5.74, 6) is 3.37. The summed E-state index contributed by atoms with van der Waals surface area (Å²) in [4.78, 5) is 0. The minimum absolute atomic E-state index is 0.287. The first-order valence-corrected chi connectivity index (χ1v) is 10.8. The first kappa shape index (κ1) is 26.4. The van der Waals surface area contributed by atoms with E-state index in [1.165, 1.54) is 0 Å². The Morgan fingerprint density at radius 2 is 0.848 bits per heavy atom. The van der Waals surface area contributed by atoms with E-state index in [0.717, 1.165) is 11.1 Å². The Morgan fingerprint density at radius 3 is 1.09 bits per heavy atom. The number of methoxy groups -OCH3 is 6. The van der Waals surface area contributed by atoms with Crippen LogP contribution in [0.2, 0.25) is 0 Å². The third kappa shape index (κ3) is 7.07. The van der Waals surface area contributed by atoms with Crippen molar-refractivity contribution in [2.24, 2.45) is 0 Å². The molecule has 8 heteroatoms. The third-order valence-electron chi connectivity index (χ3n) is 5.53. The van der Waals surface area contributed by atoms with Gasteiger partial charge in [-0.1, -0.05) is 0 Å². The standard InChI is InChI=1S/C25H36O8/c1-28-20-11-16(12-21(29-2)24(20)32-5)7-9-18(26)15-19(27)10-8-17-13-22(30-3)25(33-6)23(14-17)31-4/h11-14,18-19,26-27H,7-10,15H2,1-6H3/t18-,19-/m1/s1. The predicted molar refractivity (Wildman–Crippen MR) is 125 cm³/mol. The van der Waals surface area contributed by atoms with Crippen LogP contribution >= 0.6 is 0 Å². The first-order chi connectivity index (χ1) is 15.9. The first-order valence-electron chi connectivity index (χ1n) is 10.8. The fourth-order valence-corrected chi connectivity index (χ4v) is 3.78. The lowest BCUT2D eigenvalue weighted by Gasteiger charge is -2.18. The van der Waals surface area contributed by atoms with Crippen LogP contribution < -0.4 is 28.4 Å². The van der Waals surface area contributed by atoms with Crippen molar-refractivity contribution in [2.75, 3.05) is 42.7 Å². The number of aryl methyl sites for hydroxylation is 2. The van der Waals surface area contributed by atoms with Gasteiger partial charge < -0.3 is 38.6 Å². The molecule has 0 unspecified atom stereocenters. The van der Waals surface area contributed by atoms with Gasteiger partial charge in [-0.3, -0.25) is 0 Å². The zero-order valence-electron chi connectivity index (χ0n) is 20.3. The zero-order valence-corrected chi connectivity index (χ0v) is 20.3. The van der Waals surface area contributed by atoms with Crippen molar-refractivity contribution in [3.8, 4) is 34.5 Å². The van der Waals surface area contributed by atoms with Gasteiger partial charge in [-0.25, -0.2) is 0 Å². The van der Waals surface area contributed by atoms with Crippen molar-refractivity contribution in [1.29, 1.82) is 0 Å². The summed E-state index contributed by atoms with van der Waals surface area (Å²) in [7, 11) is 9.40. The molecule has 0 heterocycles. The summed E-state index contributed by atoms with van der Waals surface area (Å²) in [5, 5.41) is 20.9. The molecule has 8 nitrogen and oxygen atoms in total. The van der Waals surface area contributed by atoms with Crippen LogP contribution in [0.15, 0.2) is 24.3 Å². The van der Waals surface area contributed by atoms with Gasteiger partial charge in [0.15, 0.2) is 23.0 Å². The van der Waals surface area contributed by atoms with Gasteiger partial charge in [0.2, 0.25) is 11.5 Å². The second-order valence-electron chi connectivity index (χ2n) is 7.69. The Kier molecular flexibility index (Phi) is 10.4. The molecule has 2 rings (SSSR count). The monoisotopic (exact) mass is 464 g/mol. The Balaban J connectivity index is 1.92. The molecular formula is C25H36O8. The predicted octanol–water partition coefficient (Wildman–Crippen LogP) is 3.42. The third-order valence-corrected chi connectivity index (χ3v) is 5.53. The molecule has 0 spiro atoms. The lowest BCUT2D eigenvalue weighted by Crippen LogP contribution is -2.19. The highest BCUT2D eigenvalue weighted by atomic mass is 16.5. The number of aliphatic hydroxyl groups is 2. The van der Waals surface area contributed by atoms with Gasteiger partial charge in [-0.15, -0.1) is 0 Å². The molecular weight excluding hydrogens is 428 g/mol. The van der Waals surface area contributed by atoms with E-state index in [0.29, 0.717) is 60.2 Å². The molecule has 0 saturated carbocycles. The number of hydrogen-bond donors (Lipinski definition) is 2. The SMILES string of the molecule is COc1cc(CC[C@@H](O)C[C@H](O)CCc2cc(OC)c(OC)c(OC)c2)cc(OC)c1OC. The fraction of sp³-hybridized carbons (Fsp3) is 0.520. The van der Waals surface area contributed by atoms with E-state index in [4.69, 9.17) is 28.4 Å². The topological polar surface area (TPSA) is 95.8 Å². The molecule has 184 valence electrons. The molecule has 2 aromatic carbocycles. The zero-order chi connectivity index (χ0) is 24.4. The van der Waals surface area contributed by atoms with Crippen molar-refractivity contribution >= 4 is 0 Å². The fourth-order valence-electron chi connectivity index (χ4n) is 3.78. The van der Waals surface area contributed by atoms with Gasteiger partial charge in [-0.05, 0) is 67.5 Å². The van der Waals surface area contributed by atoms with Crippen LogP contribution in [0.1, 0.15) is 30.4 Å². The summed E-state index contributed by atoms with van der Waals surface area (Å²) < 4.78 is 32.2. The average Bonchev–Trinajstić information content (AvgIpc) is 2.84. The average molecular weight is 465 g/mol. The van der Waals surface area contributed by atoms with Crippen LogP contribution in [0.3, 0.4) is 0 Å². The van der Waals surface area contributed by atoms with Crippen LogP contribution in [0.5, 0.6) is 34.5 Å². The van der Waals surface area contributed by atoms with Gasteiger partial charge in [0.25, 0.3) is 0 Å². The van der Waals surface area contributed by atoms with E-state index in [1.54, 1.807) is 42.7 Å². The highest BCUT2D eigenvalue weighted by Gasteiger charge is 2.17. The van der Waals surface area contributed by atoms with E-state index in [9.17, 15) is 10.2 Å². The lowest BCUT2D eigenvalue weighted by atomic mass is 9.98. The summed E-state index contributed by atoms with van der Waals surface area (Å²) in [5.41, 5.74) is 1.91. The molecule has 0 fully saturated rings. The minimum atomic E-state index is -0.640. The van der Waals surface area contributed by atoms with E-state index in [1.807, 2.05) is 24.3 Å². The molecule has 2 N–H and O–H groups in total. The normalized spacial score (nSPS) is 12.6. The van der Waals surface area contributed by atoms with Crippen LogP contribution in [-0.2, 0) is 12.8 Å². The van der Waals surface area contributed by atoms with Crippen molar-refractivity contribution in [1.82, 2.24) is 0 Å². The maximum Gasteiger partial charge on any atom is 0.203 e. The van der Waals surface area contributed by atoms with Gasteiger partial charge in [0, 0.05) is 0 Å². The molecule has 0 bridgehead atoms. The Morgan fingerprint density at radius 1 is 0.545 bits per heavy atom. The summed E-state index contributed by atoms with van der Waals surface area (Å²) in [6.45, 7) is 0. The highest BCUT2D eigenvalue weighted by Crippen LogP contribution is 2.39. The number of benzene rings is 2. The number of ether oxygens (including phenoxy) is 6. The van der Waals surface area contributed by atoms with E-state index in [2.05, 4.69) is 0 Å². The lowest BCUT2D eigenvalue weighted by molar-refractivity contribution is 0.0714. The van der Waals surface area contributed by atoms with Gasteiger partial charge in [-0.2, -0.15) is 0 Å². The Hall–Kier alpha value is -2.84. The van der Waals surface area contributed by atoms with Crippen molar-refractivity contribution in [2.45, 2.75) is 44.3 Å². The maximum absolute atomic E-state index is 10.5. The molecule has 0 aliphatic carbocycles. The Labute approximate surface area is 196 Å². The molecule has 0 aromatic heterocycles. The molecule has 0 aliphatic heterocycles. The number of hydrogen-bond acceptors (Lipinski definition) is 8. The van der Waals surface area contributed by atoms with Crippen molar-refractivity contribution in [3.63, 3.8) is 0 Å². The number of rotatable bonds is 14.